The zero-order chi connectivity index (χ0) is 22.2. The van der Waals surface area contributed by atoms with Gasteiger partial charge < -0.3 is 14.5 Å². The van der Waals surface area contributed by atoms with E-state index in [1.807, 2.05) is 25.1 Å². The number of ether oxygens (including phenoxy) is 1. The third kappa shape index (κ3) is 4.45. The Bertz CT molecular complexity index is 1110. The molecule has 2 aromatic carbocycles. The first-order valence-corrected chi connectivity index (χ1v) is 12.3. The Kier molecular flexibility index (Phi) is 6.03. The molecule has 2 atom stereocenters. The van der Waals surface area contributed by atoms with E-state index < -0.39 is 21.8 Å². The van der Waals surface area contributed by atoms with E-state index in [1.54, 1.807) is 30.0 Å². The van der Waals surface area contributed by atoms with Crippen LogP contribution in [-0.2, 0) is 24.2 Å². The van der Waals surface area contributed by atoms with Gasteiger partial charge in [-0.05, 0) is 43.2 Å². The lowest BCUT2D eigenvalue weighted by Crippen LogP contribution is -2.51. The van der Waals surface area contributed by atoms with E-state index in [-0.39, 0.29) is 22.5 Å². The maximum atomic E-state index is 13.0. The van der Waals surface area contributed by atoms with Crippen LogP contribution in [0.25, 0.3) is 10.8 Å². The number of amides is 2. The van der Waals surface area contributed by atoms with Crippen molar-refractivity contribution >= 4 is 32.4 Å². The number of likely N-dealkylation sites (tertiary alicyclic amines) is 1. The summed E-state index contributed by atoms with van der Waals surface area (Å²) in [4.78, 5) is 29.2. The monoisotopic (exact) mass is 444 g/mol. The molecule has 166 valence electrons. The Morgan fingerprint density at radius 3 is 2.52 bits per heavy atom. The van der Waals surface area contributed by atoms with Crippen molar-refractivity contribution in [2.24, 2.45) is 5.92 Å². The lowest BCUT2D eigenvalue weighted by Gasteiger charge is -2.32. The maximum Gasteiger partial charge on any atom is 0.245 e. The molecule has 4 rings (SSSR count). The molecule has 7 nitrogen and oxygen atoms in total. The van der Waals surface area contributed by atoms with Crippen LogP contribution in [0, 0.1) is 12.8 Å². The summed E-state index contributed by atoms with van der Waals surface area (Å²) in [5, 5.41) is 1.84. The van der Waals surface area contributed by atoms with Gasteiger partial charge in [0.25, 0.3) is 0 Å². The maximum absolute atomic E-state index is 13.0. The average molecular weight is 445 g/mol. The smallest absolute Gasteiger partial charge is 0.245 e. The average Bonchev–Trinajstić information content (AvgIpc) is 3.12. The molecule has 0 aromatic heterocycles. The largest absolute Gasteiger partial charge is 0.378 e. The van der Waals surface area contributed by atoms with Crippen molar-refractivity contribution < 1.29 is 22.7 Å². The Morgan fingerprint density at radius 2 is 1.77 bits per heavy atom. The van der Waals surface area contributed by atoms with Crippen molar-refractivity contribution in [1.82, 2.24) is 9.80 Å². The number of rotatable bonds is 5. The van der Waals surface area contributed by atoms with Gasteiger partial charge in [-0.25, -0.2) is 8.42 Å². The predicted molar refractivity (Wildman–Crippen MR) is 117 cm³/mol. The summed E-state index contributed by atoms with van der Waals surface area (Å²) in [6.07, 6.45) is 0.436. The summed E-state index contributed by atoms with van der Waals surface area (Å²) in [7, 11) is -3.63. The summed E-state index contributed by atoms with van der Waals surface area (Å²) in [6.45, 7) is 6.14. The number of hydrogen-bond acceptors (Lipinski definition) is 5. The number of hydrogen-bond donors (Lipinski definition) is 0. The number of nitrogens with zero attached hydrogens (tertiary/aromatic N) is 2. The highest BCUT2D eigenvalue weighted by atomic mass is 32.2. The summed E-state index contributed by atoms with van der Waals surface area (Å²) in [5.74, 6) is -1.23. The lowest BCUT2D eigenvalue weighted by molar-refractivity contribution is -0.146. The highest BCUT2D eigenvalue weighted by Crippen LogP contribution is 2.27. The van der Waals surface area contributed by atoms with Gasteiger partial charge in [-0.15, -0.1) is 0 Å². The van der Waals surface area contributed by atoms with Gasteiger partial charge in [0.05, 0.1) is 29.8 Å². The van der Waals surface area contributed by atoms with Gasteiger partial charge in [0.15, 0.2) is 9.84 Å². The fourth-order valence-corrected chi connectivity index (χ4v) is 5.99. The molecule has 0 N–H and O–H groups in total. The predicted octanol–water partition coefficient (Wildman–Crippen LogP) is 2.02. The molecule has 8 heteroatoms. The molecule has 0 saturated carbocycles. The lowest BCUT2D eigenvalue weighted by atomic mass is 10.1. The normalized spacial score (nSPS) is 21.0. The van der Waals surface area contributed by atoms with Gasteiger partial charge in [0.2, 0.25) is 11.8 Å². The third-order valence-electron chi connectivity index (χ3n) is 6.25. The number of morpholine rings is 1. The quantitative estimate of drug-likeness (QED) is 0.705. The Hall–Kier alpha value is -2.45. The molecule has 2 fully saturated rings. The van der Waals surface area contributed by atoms with Crippen molar-refractivity contribution in [3.05, 3.63) is 42.0 Å². The van der Waals surface area contributed by atoms with Gasteiger partial charge in [-0.1, -0.05) is 29.8 Å². The fourth-order valence-electron chi connectivity index (χ4n) is 4.38. The summed E-state index contributed by atoms with van der Waals surface area (Å²) >= 11 is 0. The Labute approximate surface area is 182 Å². The SMILES string of the molecule is Cc1ccc2cc(S(=O)(=O)C[C@H]3CCN([C@@H](C)C(=O)N4CCOCC4)C3=O)ccc2c1. The second-order valence-electron chi connectivity index (χ2n) is 8.42. The van der Waals surface area contributed by atoms with E-state index in [2.05, 4.69) is 0 Å². The molecular formula is C23H28N2O5S. The van der Waals surface area contributed by atoms with Crippen LogP contribution in [-0.4, -0.2) is 74.7 Å². The molecule has 31 heavy (non-hydrogen) atoms. The molecule has 0 spiro atoms. The van der Waals surface area contributed by atoms with Crippen LogP contribution < -0.4 is 0 Å². The van der Waals surface area contributed by atoms with E-state index in [0.29, 0.717) is 39.3 Å². The molecule has 2 heterocycles. The Morgan fingerprint density at radius 1 is 1.10 bits per heavy atom. The minimum absolute atomic E-state index is 0.107. The van der Waals surface area contributed by atoms with Crippen LogP contribution in [0.3, 0.4) is 0 Å². The van der Waals surface area contributed by atoms with Crippen LogP contribution in [0.2, 0.25) is 0 Å². The second-order valence-corrected chi connectivity index (χ2v) is 10.5. The third-order valence-corrected chi connectivity index (χ3v) is 8.06. The topological polar surface area (TPSA) is 84.0 Å². The van der Waals surface area contributed by atoms with Crippen molar-refractivity contribution in [3.63, 3.8) is 0 Å². The van der Waals surface area contributed by atoms with E-state index in [1.165, 1.54) is 4.90 Å². The van der Waals surface area contributed by atoms with Crippen LogP contribution in [0.1, 0.15) is 18.9 Å². The van der Waals surface area contributed by atoms with Gasteiger partial charge >= 0.3 is 0 Å². The number of aryl methyl sites for hydroxylation is 1. The number of benzene rings is 2. The highest BCUT2D eigenvalue weighted by Gasteiger charge is 2.40. The number of carbonyl (C=O) groups excluding carboxylic acids is 2. The molecular weight excluding hydrogens is 416 g/mol. The first-order chi connectivity index (χ1) is 14.8. The summed E-state index contributed by atoms with van der Waals surface area (Å²) < 4.78 is 31.4. The number of fused-ring (bicyclic) bond motifs is 1. The molecule has 2 aliphatic heterocycles. The van der Waals surface area contributed by atoms with Crippen LogP contribution in [0.5, 0.6) is 0 Å². The Balaban J connectivity index is 1.46. The van der Waals surface area contributed by atoms with Crippen LogP contribution >= 0.6 is 0 Å². The van der Waals surface area contributed by atoms with Crippen LogP contribution in [0.15, 0.2) is 41.3 Å². The number of sulfone groups is 1. The first-order valence-electron chi connectivity index (χ1n) is 10.7. The highest BCUT2D eigenvalue weighted by molar-refractivity contribution is 7.91. The molecule has 2 aliphatic rings. The van der Waals surface area contributed by atoms with Crippen LogP contribution in [0.4, 0.5) is 0 Å². The minimum atomic E-state index is -3.63. The minimum Gasteiger partial charge on any atom is -0.378 e. The second kappa shape index (κ2) is 8.59. The van der Waals surface area contributed by atoms with Crippen molar-refractivity contribution in [2.75, 3.05) is 38.6 Å². The first kappa shape index (κ1) is 21.8. The van der Waals surface area contributed by atoms with E-state index in [9.17, 15) is 18.0 Å². The molecule has 2 saturated heterocycles. The van der Waals surface area contributed by atoms with Crippen molar-refractivity contribution in [3.8, 4) is 0 Å². The summed E-state index contributed by atoms with van der Waals surface area (Å²) in [6, 6.07) is 10.4. The van der Waals surface area contributed by atoms with Crippen molar-refractivity contribution in [2.45, 2.75) is 31.2 Å². The van der Waals surface area contributed by atoms with Gasteiger partial charge in [0, 0.05) is 19.6 Å². The molecule has 0 aliphatic carbocycles. The molecule has 2 amide bonds. The molecule has 0 radical (unpaired) electrons. The molecule has 0 unspecified atom stereocenters. The van der Waals surface area contributed by atoms with E-state index in [0.717, 1.165) is 16.3 Å². The van der Waals surface area contributed by atoms with Crippen molar-refractivity contribution in [1.29, 1.82) is 0 Å². The van der Waals surface area contributed by atoms with E-state index >= 15 is 0 Å². The van der Waals surface area contributed by atoms with E-state index in [4.69, 9.17) is 4.74 Å². The zero-order valence-electron chi connectivity index (χ0n) is 17.9. The molecule has 0 bridgehead atoms. The molecule has 2 aromatic rings. The zero-order valence-corrected chi connectivity index (χ0v) is 18.7. The standard InChI is InChI=1S/C23H28N2O5S/c1-16-3-4-19-14-21(6-5-18(19)13-16)31(28,29)15-20-7-8-25(23(20)27)17(2)22(26)24-9-11-30-12-10-24/h3-6,13-14,17,20H,7-12,15H2,1-2H3/t17-,20+/m0/s1. The summed E-state index contributed by atoms with van der Waals surface area (Å²) in [5.41, 5.74) is 1.11. The van der Waals surface area contributed by atoms with Gasteiger partial charge in [-0.3, -0.25) is 9.59 Å². The number of carbonyl (C=O) groups is 2. The fraction of sp³-hybridized carbons (Fsp3) is 0.478. The van der Waals surface area contributed by atoms with Gasteiger partial charge in [0.1, 0.15) is 6.04 Å². The van der Waals surface area contributed by atoms with Gasteiger partial charge in [-0.2, -0.15) is 0 Å².